The number of morpholine rings is 1. The second kappa shape index (κ2) is 7.30. The molecule has 1 aliphatic carbocycles. The number of rotatable bonds is 3. The lowest BCUT2D eigenvalue weighted by atomic mass is 9.65. The van der Waals surface area contributed by atoms with Gasteiger partial charge in [-0.25, -0.2) is 0 Å². The summed E-state index contributed by atoms with van der Waals surface area (Å²) >= 11 is 0. The predicted molar refractivity (Wildman–Crippen MR) is 87.9 cm³/mol. The number of hydrogen-bond acceptors (Lipinski definition) is 3. The van der Waals surface area contributed by atoms with E-state index >= 15 is 0 Å². The van der Waals surface area contributed by atoms with Crippen molar-refractivity contribution in [3.05, 3.63) is 0 Å². The lowest BCUT2D eigenvalue weighted by Crippen LogP contribution is -2.55. The van der Waals surface area contributed by atoms with Crippen molar-refractivity contribution in [3.63, 3.8) is 0 Å². The highest BCUT2D eigenvalue weighted by atomic mass is 35.5. The van der Waals surface area contributed by atoms with Gasteiger partial charge in [-0.1, -0.05) is 20.8 Å². The Morgan fingerprint density at radius 1 is 1.24 bits per heavy atom. The van der Waals surface area contributed by atoms with Gasteiger partial charge in [0.15, 0.2) is 0 Å². The highest BCUT2D eigenvalue weighted by Crippen LogP contribution is 2.43. The average molecular weight is 319 g/mol. The second-order valence-corrected chi connectivity index (χ2v) is 7.85. The van der Waals surface area contributed by atoms with E-state index in [1.54, 1.807) is 0 Å². The molecule has 4 nitrogen and oxygen atoms in total. The van der Waals surface area contributed by atoms with Gasteiger partial charge in [0.25, 0.3) is 0 Å². The fourth-order valence-corrected chi connectivity index (χ4v) is 4.42. The van der Waals surface area contributed by atoms with E-state index < -0.39 is 0 Å². The van der Waals surface area contributed by atoms with Gasteiger partial charge >= 0.3 is 0 Å². The maximum absolute atomic E-state index is 12.3. The summed E-state index contributed by atoms with van der Waals surface area (Å²) in [7, 11) is 0. The van der Waals surface area contributed by atoms with Gasteiger partial charge < -0.3 is 10.1 Å². The lowest BCUT2D eigenvalue weighted by Gasteiger charge is -2.46. The molecule has 2 unspecified atom stereocenters. The van der Waals surface area contributed by atoms with Crippen LogP contribution < -0.4 is 5.32 Å². The molecule has 0 aromatic carbocycles. The van der Waals surface area contributed by atoms with Crippen molar-refractivity contribution in [2.45, 2.75) is 52.5 Å². The van der Waals surface area contributed by atoms with Crippen LogP contribution in [0.15, 0.2) is 0 Å². The van der Waals surface area contributed by atoms with Gasteiger partial charge in [0.1, 0.15) is 0 Å². The molecule has 21 heavy (non-hydrogen) atoms. The first-order chi connectivity index (χ1) is 9.28. The third-order valence-corrected chi connectivity index (χ3v) is 4.48. The van der Waals surface area contributed by atoms with Crippen molar-refractivity contribution in [1.82, 2.24) is 10.2 Å². The summed E-state index contributed by atoms with van der Waals surface area (Å²) in [4.78, 5) is 14.5. The molecular formula is C16H31ClN2O2. The van der Waals surface area contributed by atoms with Crippen molar-refractivity contribution in [2.75, 3.05) is 32.8 Å². The summed E-state index contributed by atoms with van der Waals surface area (Å²) in [5, 5.41) is 3.31. The van der Waals surface area contributed by atoms with E-state index in [0.29, 0.717) is 17.9 Å². The highest BCUT2D eigenvalue weighted by molar-refractivity contribution is 5.85. The summed E-state index contributed by atoms with van der Waals surface area (Å²) in [6, 6.07) is 0. The highest BCUT2D eigenvalue weighted by Gasteiger charge is 2.40. The van der Waals surface area contributed by atoms with Crippen LogP contribution in [0.5, 0.6) is 0 Å². The Kier molecular flexibility index (Phi) is 6.51. The molecule has 0 bridgehead atoms. The topological polar surface area (TPSA) is 41.6 Å². The number of nitrogens with zero attached hydrogens (tertiary/aromatic N) is 1. The van der Waals surface area contributed by atoms with Crippen molar-refractivity contribution in [1.29, 1.82) is 0 Å². The summed E-state index contributed by atoms with van der Waals surface area (Å²) in [5.74, 6) is 0.840. The third-order valence-electron chi connectivity index (χ3n) is 4.48. The van der Waals surface area contributed by atoms with Crippen molar-refractivity contribution < 1.29 is 9.53 Å². The van der Waals surface area contributed by atoms with Crippen LogP contribution in [0.2, 0.25) is 0 Å². The fraction of sp³-hybridized carbons (Fsp3) is 0.938. The lowest BCUT2D eigenvalue weighted by molar-refractivity contribution is -0.126. The maximum atomic E-state index is 12.3. The Hall–Kier alpha value is -0.320. The van der Waals surface area contributed by atoms with Crippen molar-refractivity contribution in [3.8, 4) is 0 Å². The molecule has 0 aromatic heterocycles. The van der Waals surface area contributed by atoms with E-state index in [4.69, 9.17) is 4.74 Å². The molecule has 1 N–H and O–H groups in total. The summed E-state index contributed by atoms with van der Waals surface area (Å²) < 4.78 is 5.32. The number of halogens is 1. The molecule has 124 valence electrons. The second-order valence-electron chi connectivity index (χ2n) is 7.85. The Morgan fingerprint density at radius 3 is 2.43 bits per heavy atom. The van der Waals surface area contributed by atoms with Gasteiger partial charge in [-0.2, -0.15) is 0 Å². The minimum atomic E-state index is -0.0511. The minimum absolute atomic E-state index is 0. The van der Waals surface area contributed by atoms with Crippen molar-refractivity contribution >= 4 is 18.3 Å². The summed E-state index contributed by atoms with van der Waals surface area (Å²) in [5.41, 5.74) is 0.267. The number of nitrogens with one attached hydrogen (secondary N) is 1. The molecule has 2 aliphatic rings. The van der Waals surface area contributed by atoms with E-state index in [1.807, 2.05) is 0 Å². The van der Waals surface area contributed by atoms with Crippen LogP contribution in [0.25, 0.3) is 0 Å². The molecule has 2 atom stereocenters. The zero-order chi connectivity index (χ0) is 14.8. The molecule has 1 amide bonds. The monoisotopic (exact) mass is 318 g/mol. The molecule has 0 radical (unpaired) electrons. The van der Waals surface area contributed by atoms with E-state index in [-0.39, 0.29) is 23.9 Å². The van der Waals surface area contributed by atoms with Gasteiger partial charge in [-0.15, -0.1) is 12.4 Å². The normalized spacial score (nSPS) is 33.0. The first-order valence-corrected chi connectivity index (χ1v) is 7.89. The molecule has 1 heterocycles. The van der Waals surface area contributed by atoms with E-state index in [0.717, 1.165) is 39.1 Å². The van der Waals surface area contributed by atoms with E-state index in [1.165, 1.54) is 6.42 Å². The number of carbonyl (C=O) groups excluding carboxylic acids is 1. The predicted octanol–water partition coefficient (Wildman–Crippen LogP) is 2.46. The van der Waals surface area contributed by atoms with Gasteiger partial charge in [0.2, 0.25) is 5.91 Å². The first kappa shape index (κ1) is 18.7. The SMILES string of the molecule is CC1CC(C)(C)CC(C)(NC(=O)CN2CCOCC2)C1.Cl. The third kappa shape index (κ3) is 5.76. The van der Waals surface area contributed by atoms with Crippen LogP contribution in [0.3, 0.4) is 0 Å². The number of hydrogen-bond donors (Lipinski definition) is 1. The molecule has 1 saturated carbocycles. The number of carbonyl (C=O) groups is 1. The summed E-state index contributed by atoms with van der Waals surface area (Å²) in [6.45, 7) is 12.9. The smallest absolute Gasteiger partial charge is 0.234 e. The minimum Gasteiger partial charge on any atom is -0.379 e. The molecule has 2 fully saturated rings. The van der Waals surface area contributed by atoms with Crippen molar-refractivity contribution in [2.24, 2.45) is 11.3 Å². The van der Waals surface area contributed by atoms with Crippen LogP contribution in [-0.2, 0) is 9.53 Å². The first-order valence-electron chi connectivity index (χ1n) is 7.89. The Bertz CT molecular complexity index is 356. The van der Waals surface area contributed by atoms with E-state index in [2.05, 4.69) is 37.9 Å². The number of ether oxygens (including phenoxy) is 1. The molecule has 5 heteroatoms. The average Bonchev–Trinajstić information content (AvgIpc) is 2.25. The van der Waals surface area contributed by atoms with Gasteiger partial charge in [0.05, 0.1) is 19.8 Å². The largest absolute Gasteiger partial charge is 0.379 e. The molecule has 1 aliphatic heterocycles. The zero-order valence-electron chi connectivity index (χ0n) is 13.9. The summed E-state index contributed by atoms with van der Waals surface area (Å²) in [6.07, 6.45) is 3.41. The fourth-order valence-electron chi connectivity index (χ4n) is 4.42. The molecular weight excluding hydrogens is 288 g/mol. The standard InChI is InChI=1S/C16H30N2O2.ClH/c1-13-9-15(2,3)12-16(4,10-13)17-14(19)11-18-5-7-20-8-6-18;/h13H,5-12H2,1-4H3,(H,17,19);1H. The zero-order valence-corrected chi connectivity index (χ0v) is 14.7. The van der Waals surface area contributed by atoms with Crippen LogP contribution in [0, 0.1) is 11.3 Å². The molecule has 2 rings (SSSR count). The van der Waals surface area contributed by atoms with Crippen LogP contribution in [0.1, 0.15) is 47.0 Å². The number of amides is 1. The Morgan fingerprint density at radius 2 is 1.86 bits per heavy atom. The Balaban J connectivity index is 0.00000220. The van der Waals surface area contributed by atoms with Gasteiger partial charge in [0, 0.05) is 18.6 Å². The Labute approximate surface area is 135 Å². The molecule has 0 aromatic rings. The molecule has 0 spiro atoms. The van der Waals surface area contributed by atoms with Crippen LogP contribution in [0.4, 0.5) is 0 Å². The quantitative estimate of drug-likeness (QED) is 0.869. The van der Waals surface area contributed by atoms with Crippen LogP contribution >= 0.6 is 12.4 Å². The van der Waals surface area contributed by atoms with Crippen LogP contribution in [-0.4, -0.2) is 49.2 Å². The van der Waals surface area contributed by atoms with E-state index in [9.17, 15) is 4.79 Å². The van der Waals surface area contributed by atoms with Gasteiger partial charge in [-0.05, 0) is 37.5 Å². The van der Waals surface area contributed by atoms with Gasteiger partial charge in [-0.3, -0.25) is 9.69 Å². The molecule has 1 saturated heterocycles. The maximum Gasteiger partial charge on any atom is 0.234 e.